The normalized spacial score (nSPS) is 22.0. The minimum Gasteiger partial charge on any atom is -0.489 e. The van der Waals surface area contributed by atoms with Crippen LogP contribution in [0.4, 0.5) is 8.78 Å². The van der Waals surface area contributed by atoms with Crippen LogP contribution in [0.2, 0.25) is 10.0 Å². The van der Waals surface area contributed by atoms with Crippen LogP contribution in [0.15, 0.2) is 90.1 Å². The first kappa shape index (κ1) is 46.0. The number of aromatic nitrogens is 1. The van der Waals surface area contributed by atoms with Crippen LogP contribution in [0.25, 0.3) is 0 Å². The van der Waals surface area contributed by atoms with Gasteiger partial charge in [0.1, 0.15) is 12.2 Å². The first-order valence-electron chi connectivity index (χ1n) is 21.0. The van der Waals surface area contributed by atoms with E-state index in [2.05, 4.69) is 15.2 Å². The summed E-state index contributed by atoms with van der Waals surface area (Å²) in [5, 5.41) is 1.77. The molecule has 0 radical (unpaired) electrons. The SMILES string of the molecule is O=C(NC(C(=O)O[C@@H]1CC2CCCN(C2)C1)c1ccccc1)c1cccc(S(=O)(=O)N2CCS[C@H]2C(=O)O[C@@H](Cc2c(Cl)cncc2Cl)c2ccc(OC(F)F)c(OCC3CC3)c2)c1. The average Bonchev–Trinajstić information content (AvgIpc) is 3.97. The molecule has 13 nitrogen and oxygen atoms in total. The molecular weight excluding hydrogens is 914 g/mol. The van der Waals surface area contributed by atoms with Crippen molar-refractivity contribution in [2.45, 2.75) is 73.7 Å². The number of esters is 2. The number of amides is 1. The maximum atomic E-state index is 14.4. The first-order valence-corrected chi connectivity index (χ1v) is 24.3. The van der Waals surface area contributed by atoms with Crippen LogP contribution in [0.1, 0.15) is 71.3 Å². The number of nitrogens with zero attached hydrogens (tertiary/aromatic N) is 3. The van der Waals surface area contributed by atoms with Gasteiger partial charge in [0.25, 0.3) is 5.91 Å². The molecule has 340 valence electrons. The summed E-state index contributed by atoms with van der Waals surface area (Å²) in [6.45, 7) is -0.361. The minimum absolute atomic E-state index is 0.0116. The zero-order valence-electron chi connectivity index (χ0n) is 34.5. The Bertz CT molecular complexity index is 2420. The van der Waals surface area contributed by atoms with Gasteiger partial charge >= 0.3 is 18.6 Å². The molecule has 0 spiro atoms. The summed E-state index contributed by atoms with van der Waals surface area (Å²) in [5.74, 6) is -1.48. The van der Waals surface area contributed by atoms with Crippen molar-refractivity contribution in [2.24, 2.45) is 11.8 Å². The van der Waals surface area contributed by atoms with Crippen LogP contribution in [-0.2, 0) is 35.5 Å². The smallest absolute Gasteiger partial charge is 0.387 e. The predicted octanol–water partition coefficient (Wildman–Crippen LogP) is 7.87. The van der Waals surface area contributed by atoms with Crippen molar-refractivity contribution < 1.29 is 50.5 Å². The van der Waals surface area contributed by atoms with E-state index < -0.39 is 52.0 Å². The standard InChI is InChI=1S/C45H46Cl2F2N4O9S2/c46-35-22-50-23-36(47)34(35)21-38(30-13-14-37(62-45(48)49)39(20-30)59-26-27-11-12-27)61-44(56)42-53(16-17-63-42)64(57,58)33-10-4-9-31(19-33)41(54)51-40(29-7-2-1-3-8-29)43(55)60-32-18-28-6-5-15-52(24-28)25-32/h1-4,7-10,13-14,19-20,22-23,27-28,32,38,40,42,45H,5-6,11-12,15-18,21,24-26H2,(H,51,54)/t28?,32-,38+,40?,42+/m1/s1. The van der Waals surface area contributed by atoms with E-state index in [1.807, 2.05) is 0 Å². The molecule has 8 rings (SSSR count). The summed E-state index contributed by atoms with van der Waals surface area (Å²) >= 11 is 14.0. The number of benzene rings is 3. The van der Waals surface area contributed by atoms with E-state index in [0.717, 1.165) is 61.3 Å². The molecule has 4 aliphatic rings. The quantitative estimate of drug-likeness (QED) is 0.103. The van der Waals surface area contributed by atoms with E-state index in [-0.39, 0.29) is 69.4 Å². The zero-order chi connectivity index (χ0) is 45.0. The number of piperidine rings is 2. The molecule has 3 unspecified atom stereocenters. The monoisotopic (exact) mass is 958 g/mol. The van der Waals surface area contributed by atoms with Gasteiger partial charge in [0.15, 0.2) is 22.9 Å². The Labute approximate surface area is 384 Å². The Balaban J connectivity index is 1.01. The molecular formula is C45H46Cl2F2N4O9S2. The van der Waals surface area contributed by atoms with Gasteiger partial charge in [-0.25, -0.2) is 18.0 Å². The van der Waals surface area contributed by atoms with Gasteiger partial charge in [0.05, 0.1) is 21.5 Å². The number of nitrogens with one attached hydrogen (secondary N) is 1. The molecule has 6 atom stereocenters. The lowest BCUT2D eigenvalue weighted by Gasteiger charge is -2.41. The highest BCUT2D eigenvalue weighted by Gasteiger charge is 2.43. The van der Waals surface area contributed by atoms with Gasteiger partial charge in [-0.2, -0.15) is 13.1 Å². The fraction of sp³-hybridized carbons (Fsp3) is 0.422. The molecule has 3 saturated heterocycles. The number of hydrogen-bond acceptors (Lipinski definition) is 12. The lowest BCUT2D eigenvalue weighted by atomic mass is 9.88. The Morgan fingerprint density at radius 1 is 0.906 bits per heavy atom. The van der Waals surface area contributed by atoms with E-state index in [9.17, 15) is 31.6 Å². The van der Waals surface area contributed by atoms with Gasteiger partial charge in [-0.15, -0.1) is 11.8 Å². The average molecular weight is 960 g/mol. The minimum atomic E-state index is -4.44. The van der Waals surface area contributed by atoms with Crippen LogP contribution in [0.5, 0.6) is 11.5 Å². The number of sulfonamides is 1. The molecule has 4 aromatic rings. The second kappa shape index (κ2) is 20.3. The van der Waals surface area contributed by atoms with Crippen molar-refractivity contribution in [1.82, 2.24) is 19.5 Å². The number of halogens is 4. The van der Waals surface area contributed by atoms with E-state index in [1.165, 1.54) is 54.9 Å². The van der Waals surface area contributed by atoms with Crippen molar-refractivity contribution in [2.75, 3.05) is 38.5 Å². The molecule has 4 fully saturated rings. The topological polar surface area (TPSA) is 154 Å². The summed E-state index contributed by atoms with van der Waals surface area (Å²) in [6.07, 6.45) is 5.97. The lowest BCUT2D eigenvalue weighted by molar-refractivity contribution is -0.156. The van der Waals surface area contributed by atoms with E-state index in [0.29, 0.717) is 29.2 Å². The molecule has 1 aliphatic carbocycles. The highest BCUT2D eigenvalue weighted by molar-refractivity contribution is 8.02. The van der Waals surface area contributed by atoms with Gasteiger partial charge in [-0.05, 0) is 97.5 Å². The third kappa shape index (κ3) is 11.1. The van der Waals surface area contributed by atoms with Crippen molar-refractivity contribution in [3.8, 4) is 11.5 Å². The summed E-state index contributed by atoms with van der Waals surface area (Å²) in [6, 6.07) is 17.1. The van der Waals surface area contributed by atoms with Gasteiger partial charge < -0.3 is 24.3 Å². The van der Waals surface area contributed by atoms with Crippen LogP contribution in [0, 0.1) is 11.8 Å². The molecule has 2 bridgehead atoms. The molecule has 19 heteroatoms. The number of alkyl halides is 2. The Kier molecular flexibility index (Phi) is 14.6. The van der Waals surface area contributed by atoms with Gasteiger partial charge in [0, 0.05) is 49.8 Å². The summed E-state index contributed by atoms with van der Waals surface area (Å²) < 4.78 is 79.2. The van der Waals surface area contributed by atoms with Gasteiger partial charge in [-0.1, -0.05) is 65.7 Å². The fourth-order valence-electron chi connectivity index (χ4n) is 8.29. The molecule has 1 N–H and O–H groups in total. The number of carbonyl (C=O) groups excluding carboxylic acids is 3. The number of rotatable bonds is 17. The molecule has 64 heavy (non-hydrogen) atoms. The van der Waals surface area contributed by atoms with Crippen molar-refractivity contribution in [3.63, 3.8) is 0 Å². The summed E-state index contributed by atoms with van der Waals surface area (Å²) in [4.78, 5) is 47.9. The van der Waals surface area contributed by atoms with E-state index in [1.54, 1.807) is 30.3 Å². The van der Waals surface area contributed by atoms with Crippen LogP contribution < -0.4 is 14.8 Å². The summed E-state index contributed by atoms with van der Waals surface area (Å²) in [5.41, 5.74) is 1.16. The molecule has 3 aromatic carbocycles. The second-order valence-electron chi connectivity index (χ2n) is 16.3. The Morgan fingerprint density at radius 3 is 2.42 bits per heavy atom. The van der Waals surface area contributed by atoms with Gasteiger partial charge in [0.2, 0.25) is 10.0 Å². The number of hydrogen-bond donors (Lipinski definition) is 1. The second-order valence-corrected chi connectivity index (χ2v) is 20.2. The van der Waals surface area contributed by atoms with Crippen molar-refractivity contribution in [3.05, 3.63) is 117 Å². The van der Waals surface area contributed by atoms with Crippen molar-refractivity contribution in [1.29, 1.82) is 0 Å². The van der Waals surface area contributed by atoms with Crippen LogP contribution in [0.3, 0.4) is 0 Å². The zero-order valence-corrected chi connectivity index (χ0v) is 37.6. The third-order valence-corrected chi connectivity index (χ3v) is 15.5. The maximum absolute atomic E-state index is 14.4. The molecule has 3 aliphatic heterocycles. The van der Waals surface area contributed by atoms with E-state index in [4.69, 9.17) is 42.1 Å². The molecule has 4 heterocycles. The molecule has 1 amide bonds. The highest BCUT2D eigenvalue weighted by atomic mass is 35.5. The summed E-state index contributed by atoms with van der Waals surface area (Å²) in [7, 11) is -4.44. The first-order chi connectivity index (χ1) is 30.8. The molecule has 1 aromatic heterocycles. The number of thioether (sulfide) groups is 1. The lowest BCUT2D eigenvalue weighted by Crippen LogP contribution is -2.49. The number of carbonyl (C=O) groups is 3. The number of fused-ring (bicyclic) bond motifs is 2. The van der Waals surface area contributed by atoms with Crippen molar-refractivity contribution >= 4 is 62.8 Å². The van der Waals surface area contributed by atoms with Crippen LogP contribution >= 0.6 is 35.0 Å². The third-order valence-electron chi connectivity index (χ3n) is 11.7. The molecule has 1 saturated carbocycles. The highest BCUT2D eigenvalue weighted by Crippen LogP contribution is 2.40. The number of pyridine rings is 1. The Morgan fingerprint density at radius 2 is 1.69 bits per heavy atom. The van der Waals surface area contributed by atoms with Gasteiger partial charge in [-0.3, -0.25) is 14.7 Å². The largest absolute Gasteiger partial charge is 0.489 e. The van der Waals surface area contributed by atoms with E-state index >= 15 is 0 Å². The fourth-order valence-corrected chi connectivity index (χ4v) is 11.9. The maximum Gasteiger partial charge on any atom is 0.387 e. The van der Waals surface area contributed by atoms with Crippen LogP contribution in [-0.4, -0.2) is 97.1 Å². The Hall–Kier alpha value is -4.52. The predicted molar refractivity (Wildman–Crippen MR) is 235 cm³/mol. The number of ether oxygens (including phenoxy) is 4.